The molecule has 3 heterocycles. The highest BCUT2D eigenvalue weighted by Crippen LogP contribution is 2.24. The lowest BCUT2D eigenvalue weighted by atomic mass is 10.1. The fourth-order valence-electron chi connectivity index (χ4n) is 3.05. The summed E-state index contributed by atoms with van der Waals surface area (Å²) in [7, 11) is -3.55. The monoisotopic (exact) mass is 444 g/mol. The molecule has 4 rings (SSSR count). The third kappa shape index (κ3) is 3.96. The van der Waals surface area contributed by atoms with E-state index < -0.39 is 21.6 Å². The van der Waals surface area contributed by atoms with Gasteiger partial charge < -0.3 is 5.32 Å². The fourth-order valence-corrected chi connectivity index (χ4v) is 4.38. The number of nitrogens with one attached hydrogen (secondary N) is 1. The average molecular weight is 445 g/mol. The Morgan fingerprint density at radius 2 is 2.07 bits per heavy atom. The van der Waals surface area contributed by atoms with Crippen LogP contribution in [0.5, 0.6) is 0 Å². The Bertz CT molecular complexity index is 1360. The SMILES string of the molecule is Cc1cc(C(=O)Nc2cc(S(C)(=O)=O)ccc2F)c2cnn(Cc3cccs3)c2n1. The second-order valence-corrected chi connectivity index (χ2v) is 9.85. The van der Waals surface area contributed by atoms with Crippen molar-refractivity contribution in [2.45, 2.75) is 18.4 Å². The van der Waals surface area contributed by atoms with Gasteiger partial charge in [-0.3, -0.25) is 4.79 Å². The van der Waals surface area contributed by atoms with Crippen LogP contribution in [0, 0.1) is 12.7 Å². The minimum atomic E-state index is -3.55. The maximum absolute atomic E-state index is 14.2. The molecule has 1 aromatic carbocycles. The van der Waals surface area contributed by atoms with E-state index in [1.54, 1.807) is 35.2 Å². The minimum Gasteiger partial charge on any atom is -0.319 e. The molecule has 1 amide bonds. The summed E-state index contributed by atoms with van der Waals surface area (Å²) in [6.45, 7) is 2.27. The molecule has 3 aromatic heterocycles. The van der Waals surface area contributed by atoms with Crippen LogP contribution in [0.4, 0.5) is 10.1 Å². The van der Waals surface area contributed by atoms with E-state index in [1.807, 2.05) is 17.5 Å². The summed E-state index contributed by atoms with van der Waals surface area (Å²) in [6.07, 6.45) is 2.57. The van der Waals surface area contributed by atoms with E-state index in [9.17, 15) is 17.6 Å². The molecule has 0 aliphatic carbocycles. The maximum atomic E-state index is 14.2. The Morgan fingerprint density at radius 3 is 2.77 bits per heavy atom. The Labute approximate surface area is 176 Å². The Morgan fingerprint density at radius 1 is 1.27 bits per heavy atom. The predicted molar refractivity (Wildman–Crippen MR) is 113 cm³/mol. The number of fused-ring (bicyclic) bond motifs is 1. The number of hydrogen-bond donors (Lipinski definition) is 1. The smallest absolute Gasteiger partial charge is 0.256 e. The molecular weight excluding hydrogens is 427 g/mol. The zero-order chi connectivity index (χ0) is 21.5. The second kappa shape index (κ2) is 7.62. The standard InChI is InChI=1S/C20H17FN4O3S2/c1-12-8-15(16-10-22-25(19(16)23-12)11-13-4-3-7-29-13)20(26)24-18-9-14(30(2,27)28)5-6-17(18)21/h3-10H,11H2,1-2H3,(H,24,26). The molecule has 0 bridgehead atoms. The quantitative estimate of drug-likeness (QED) is 0.474. The molecule has 4 aromatic rings. The fraction of sp³-hybridized carbons (Fsp3) is 0.150. The number of nitrogens with zero attached hydrogens (tertiary/aromatic N) is 3. The first-order valence-electron chi connectivity index (χ1n) is 8.89. The number of anilines is 1. The Hall–Kier alpha value is -3.11. The molecule has 7 nitrogen and oxygen atoms in total. The molecule has 0 fully saturated rings. The first kappa shape index (κ1) is 20.2. The number of sulfone groups is 1. The van der Waals surface area contributed by atoms with Crippen molar-refractivity contribution in [1.29, 1.82) is 0 Å². The van der Waals surface area contributed by atoms with Crippen LogP contribution in [0.1, 0.15) is 20.9 Å². The summed E-state index contributed by atoms with van der Waals surface area (Å²) in [5, 5.41) is 9.32. The van der Waals surface area contributed by atoms with Crippen molar-refractivity contribution in [1.82, 2.24) is 14.8 Å². The van der Waals surface area contributed by atoms with Gasteiger partial charge in [-0.25, -0.2) is 22.5 Å². The molecule has 0 radical (unpaired) electrons. The molecule has 0 aliphatic rings. The molecule has 154 valence electrons. The van der Waals surface area contributed by atoms with Crippen LogP contribution >= 0.6 is 11.3 Å². The predicted octanol–water partition coefficient (Wildman–Crippen LogP) is 3.64. The molecular formula is C20H17FN4O3S2. The summed E-state index contributed by atoms with van der Waals surface area (Å²) >= 11 is 1.59. The van der Waals surface area contributed by atoms with Crippen LogP contribution in [-0.2, 0) is 16.4 Å². The van der Waals surface area contributed by atoms with Gasteiger partial charge in [0.15, 0.2) is 15.5 Å². The zero-order valence-corrected chi connectivity index (χ0v) is 17.7. The lowest BCUT2D eigenvalue weighted by molar-refractivity contribution is 0.102. The Balaban J connectivity index is 1.71. The van der Waals surface area contributed by atoms with E-state index in [0.717, 1.165) is 29.3 Å². The van der Waals surface area contributed by atoms with Crippen LogP contribution in [0.15, 0.2) is 52.9 Å². The van der Waals surface area contributed by atoms with Gasteiger partial charge in [0, 0.05) is 16.8 Å². The number of pyridine rings is 1. The van der Waals surface area contributed by atoms with Gasteiger partial charge in [-0.15, -0.1) is 11.3 Å². The first-order chi connectivity index (χ1) is 14.2. The zero-order valence-electron chi connectivity index (χ0n) is 16.1. The van der Waals surface area contributed by atoms with Crippen molar-refractivity contribution in [3.63, 3.8) is 0 Å². The normalized spacial score (nSPS) is 11.7. The van der Waals surface area contributed by atoms with E-state index >= 15 is 0 Å². The van der Waals surface area contributed by atoms with Crippen LogP contribution < -0.4 is 5.32 Å². The number of carbonyl (C=O) groups excluding carboxylic acids is 1. The third-order valence-corrected chi connectivity index (χ3v) is 6.45. The van der Waals surface area contributed by atoms with Crippen molar-refractivity contribution in [3.05, 3.63) is 69.9 Å². The largest absolute Gasteiger partial charge is 0.319 e. The van der Waals surface area contributed by atoms with E-state index in [0.29, 0.717) is 23.3 Å². The molecule has 30 heavy (non-hydrogen) atoms. The van der Waals surface area contributed by atoms with E-state index in [1.165, 1.54) is 0 Å². The molecule has 0 unspecified atom stereocenters. The van der Waals surface area contributed by atoms with Crippen LogP contribution in [-0.4, -0.2) is 35.3 Å². The molecule has 0 atom stereocenters. The lowest BCUT2D eigenvalue weighted by Crippen LogP contribution is -2.15. The molecule has 0 saturated heterocycles. The summed E-state index contributed by atoms with van der Waals surface area (Å²) in [4.78, 5) is 18.4. The van der Waals surface area contributed by atoms with Gasteiger partial charge >= 0.3 is 0 Å². The summed E-state index contributed by atoms with van der Waals surface area (Å²) in [6, 6.07) is 8.80. The van der Waals surface area contributed by atoms with Gasteiger partial charge in [0.1, 0.15) is 5.82 Å². The van der Waals surface area contributed by atoms with Gasteiger partial charge in [-0.05, 0) is 42.6 Å². The van der Waals surface area contributed by atoms with Gasteiger partial charge in [0.2, 0.25) is 0 Å². The van der Waals surface area contributed by atoms with Crippen LogP contribution in [0.25, 0.3) is 11.0 Å². The number of halogens is 1. The summed E-state index contributed by atoms with van der Waals surface area (Å²) in [5.41, 5.74) is 1.21. The van der Waals surface area contributed by atoms with Gasteiger partial charge in [-0.1, -0.05) is 6.07 Å². The number of benzene rings is 1. The molecule has 0 saturated carbocycles. The topological polar surface area (TPSA) is 94.0 Å². The van der Waals surface area contributed by atoms with Crippen LogP contribution in [0.2, 0.25) is 0 Å². The minimum absolute atomic E-state index is 0.0842. The number of rotatable bonds is 5. The lowest BCUT2D eigenvalue weighted by Gasteiger charge is -2.10. The van der Waals surface area contributed by atoms with Crippen LogP contribution in [0.3, 0.4) is 0 Å². The number of amides is 1. The van der Waals surface area contributed by atoms with Crippen molar-refractivity contribution < 1.29 is 17.6 Å². The van der Waals surface area contributed by atoms with Gasteiger partial charge in [0.05, 0.1) is 34.3 Å². The first-order valence-corrected chi connectivity index (χ1v) is 11.7. The van der Waals surface area contributed by atoms with E-state index in [2.05, 4.69) is 15.4 Å². The molecule has 0 aliphatic heterocycles. The summed E-state index contributed by atoms with van der Waals surface area (Å²) in [5.74, 6) is -1.31. The van der Waals surface area contributed by atoms with Gasteiger partial charge in [-0.2, -0.15) is 5.10 Å². The van der Waals surface area contributed by atoms with Crippen molar-refractivity contribution in [3.8, 4) is 0 Å². The number of thiophene rings is 1. The van der Waals surface area contributed by atoms with E-state index in [-0.39, 0.29) is 16.1 Å². The highest BCUT2D eigenvalue weighted by molar-refractivity contribution is 7.90. The molecule has 1 N–H and O–H groups in total. The maximum Gasteiger partial charge on any atom is 0.256 e. The summed E-state index contributed by atoms with van der Waals surface area (Å²) < 4.78 is 39.4. The number of aryl methyl sites for hydroxylation is 1. The van der Waals surface area contributed by atoms with Crippen molar-refractivity contribution in [2.75, 3.05) is 11.6 Å². The number of hydrogen-bond acceptors (Lipinski definition) is 6. The number of aromatic nitrogens is 3. The highest BCUT2D eigenvalue weighted by atomic mass is 32.2. The molecule has 10 heteroatoms. The van der Waals surface area contributed by atoms with E-state index in [4.69, 9.17) is 0 Å². The third-order valence-electron chi connectivity index (χ3n) is 4.48. The average Bonchev–Trinajstić information content (AvgIpc) is 3.32. The highest BCUT2D eigenvalue weighted by Gasteiger charge is 2.19. The molecule has 0 spiro atoms. The van der Waals surface area contributed by atoms with Crippen molar-refractivity contribution >= 4 is 43.8 Å². The number of carbonyl (C=O) groups is 1. The Kier molecular flexibility index (Phi) is 5.12. The second-order valence-electron chi connectivity index (χ2n) is 6.80. The van der Waals surface area contributed by atoms with Gasteiger partial charge in [0.25, 0.3) is 5.91 Å². The van der Waals surface area contributed by atoms with Crippen molar-refractivity contribution in [2.24, 2.45) is 0 Å².